The van der Waals surface area contributed by atoms with Gasteiger partial charge in [0.2, 0.25) is 0 Å². The molecule has 0 fully saturated rings. The van der Waals surface area contributed by atoms with E-state index in [0.29, 0.717) is 12.2 Å². The van der Waals surface area contributed by atoms with Crippen LogP contribution < -0.4 is 4.74 Å². The summed E-state index contributed by atoms with van der Waals surface area (Å²) in [4.78, 5) is 21.0. The molecule has 0 saturated carbocycles. The summed E-state index contributed by atoms with van der Waals surface area (Å²) in [6.45, 7) is 1.38. The number of para-hydroxylation sites is 1. The van der Waals surface area contributed by atoms with Gasteiger partial charge in [-0.15, -0.1) is 0 Å². The number of ether oxygens (including phenoxy) is 1. The van der Waals surface area contributed by atoms with E-state index in [1.165, 1.54) is 6.92 Å². The third-order valence-electron chi connectivity index (χ3n) is 1.99. The lowest BCUT2D eigenvalue weighted by Gasteiger charge is -2.07. The summed E-state index contributed by atoms with van der Waals surface area (Å²) in [5.74, 6) is 0.272. The minimum Gasteiger partial charge on any atom is -0.426 e. The molecule has 1 aromatic carbocycles. The van der Waals surface area contributed by atoms with Crippen molar-refractivity contribution in [2.75, 3.05) is 0 Å². The Hall–Kier alpha value is -1.64. The fraction of sp³-hybridized carbons (Fsp3) is 0.333. The summed E-state index contributed by atoms with van der Waals surface area (Å²) >= 11 is 0. The Kier molecular flexibility index (Phi) is 4.54. The molecule has 0 aliphatic heterocycles. The average Bonchev–Trinajstić information content (AvgIpc) is 2.20. The normalized spacial score (nSPS) is 9.67. The van der Waals surface area contributed by atoms with E-state index in [2.05, 4.69) is 0 Å². The van der Waals surface area contributed by atoms with Crippen LogP contribution in [0.3, 0.4) is 0 Å². The smallest absolute Gasteiger partial charge is 0.308 e. The van der Waals surface area contributed by atoms with Crippen molar-refractivity contribution in [2.24, 2.45) is 0 Å². The third kappa shape index (κ3) is 3.94. The monoisotopic (exact) mass is 206 g/mol. The van der Waals surface area contributed by atoms with Crippen molar-refractivity contribution in [1.82, 2.24) is 0 Å². The SMILES string of the molecule is CC(=O)Oc1ccccc1CCCC=O. The van der Waals surface area contributed by atoms with E-state index in [1.54, 1.807) is 6.07 Å². The van der Waals surface area contributed by atoms with E-state index in [4.69, 9.17) is 4.74 Å². The molecule has 0 saturated heterocycles. The molecule has 0 bridgehead atoms. The standard InChI is InChI=1S/C12H14O3/c1-10(14)15-12-8-3-2-6-11(12)7-4-5-9-13/h2-3,6,8-9H,4-5,7H2,1H3. The Labute approximate surface area is 89.1 Å². The molecule has 0 spiro atoms. The van der Waals surface area contributed by atoms with Crippen LogP contribution in [0, 0.1) is 0 Å². The number of rotatable bonds is 5. The molecule has 0 atom stereocenters. The summed E-state index contributed by atoms with van der Waals surface area (Å²) < 4.78 is 5.05. The van der Waals surface area contributed by atoms with Gasteiger partial charge >= 0.3 is 5.97 Å². The van der Waals surface area contributed by atoms with Crippen LogP contribution in [0.1, 0.15) is 25.3 Å². The Morgan fingerprint density at radius 3 is 2.80 bits per heavy atom. The van der Waals surface area contributed by atoms with Gasteiger partial charge in [0, 0.05) is 13.3 Å². The molecule has 1 aromatic rings. The zero-order valence-electron chi connectivity index (χ0n) is 8.73. The zero-order valence-corrected chi connectivity index (χ0v) is 8.73. The van der Waals surface area contributed by atoms with Crippen molar-refractivity contribution in [3.05, 3.63) is 29.8 Å². The molecule has 3 nitrogen and oxygen atoms in total. The van der Waals surface area contributed by atoms with E-state index in [1.807, 2.05) is 18.2 Å². The number of hydrogen-bond acceptors (Lipinski definition) is 3. The number of unbranched alkanes of at least 4 members (excludes halogenated alkanes) is 1. The first-order valence-electron chi connectivity index (χ1n) is 4.94. The first-order chi connectivity index (χ1) is 7.24. The van der Waals surface area contributed by atoms with Crippen molar-refractivity contribution in [1.29, 1.82) is 0 Å². The van der Waals surface area contributed by atoms with Gasteiger partial charge in [0.1, 0.15) is 12.0 Å². The van der Waals surface area contributed by atoms with Gasteiger partial charge in [-0.25, -0.2) is 0 Å². The molecule has 0 heterocycles. The number of aldehydes is 1. The molecule has 80 valence electrons. The third-order valence-corrected chi connectivity index (χ3v) is 1.99. The Morgan fingerprint density at radius 1 is 1.40 bits per heavy atom. The van der Waals surface area contributed by atoms with E-state index in [-0.39, 0.29) is 5.97 Å². The van der Waals surface area contributed by atoms with Crippen molar-refractivity contribution >= 4 is 12.3 Å². The van der Waals surface area contributed by atoms with Gasteiger partial charge in [0.15, 0.2) is 0 Å². The molecular weight excluding hydrogens is 192 g/mol. The minimum absolute atomic E-state index is 0.321. The topological polar surface area (TPSA) is 43.4 Å². The van der Waals surface area contributed by atoms with Crippen LogP contribution in [0.5, 0.6) is 5.75 Å². The first kappa shape index (κ1) is 11.4. The van der Waals surface area contributed by atoms with Crippen molar-refractivity contribution < 1.29 is 14.3 Å². The lowest BCUT2D eigenvalue weighted by molar-refractivity contribution is -0.131. The maximum absolute atomic E-state index is 10.8. The van der Waals surface area contributed by atoms with Crippen LogP contribution >= 0.6 is 0 Å². The van der Waals surface area contributed by atoms with E-state index < -0.39 is 0 Å². The highest BCUT2D eigenvalue weighted by Gasteiger charge is 2.04. The molecule has 0 aliphatic carbocycles. The molecular formula is C12H14O3. The van der Waals surface area contributed by atoms with Crippen LogP contribution in [-0.2, 0) is 16.0 Å². The first-order valence-corrected chi connectivity index (χ1v) is 4.94. The molecule has 0 amide bonds. The second kappa shape index (κ2) is 5.96. The van der Waals surface area contributed by atoms with Gasteiger partial charge in [-0.05, 0) is 24.5 Å². The number of esters is 1. The summed E-state index contributed by atoms with van der Waals surface area (Å²) in [6, 6.07) is 7.38. The highest BCUT2D eigenvalue weighted by Crippen LogP contribution is 2.19. The molecule has 0 radical (unpaired) electrons. The fourth-order valence-electron chi connectivity index (χ4n) is 1.34. The Morgan fingerprint density at radius 2 is 2.13 bits per heavy atom. The van der Waals surface area contributed by atoms with Gasteiger partial charge in [-0.3, -0.25) is 4.79 Å². The lowest BCUT2D eigenvalue weighted by Crippen LogP contribution is -2.03. The average molecular weight is 206 g/mol. The number of benzene rings is 1. The maximum atomic E-state index is 10.8. The quantitative estimate of drug-likeness (QED) is 0.321. The Balaban J connectivity index is 2.67. The van der Waals surface area contributed by atoms with Crippen LogP contribution in [-0.4, -0.2) is 12.3 Å². The van der Waals surface area contributed by atoms with Gasteiger partial charge in [0.05, 0.1) is 0 Å². The Bertz CT molecular complexity index is 344. The molecule has 0 aliphatic rings. The highest BCUT2D eigenvalue weighted by atomic mass is 16.5. The van der Waals surface area contributed by atoms with Crippen LogP contribution in [0.15, 0.2) is 24.3 Å². The fourth-order valence-corrected chi connectivity index (χ4v) is 1.34. The molecule has 15 heavy (non-hydrogen) atoms. The predicted octanol–water partition coefficient (Wildman–Crippen LogP) is 2.13. The summed E-state index contributed by atoms with van der Waals surface area (Å²) in [5, 5.41) is 0. The zero-order chi connectivity index (χ0) is 11.1. The largest absolute Gasteiger partial charge is 0.426 e. The summed E-state index contributed by atoms with van der Waals surface area (Å²) in [6.07, 6.45) is 2.97. The minimum atomic E-state index is -0.321. The second-order valence-electron chi connectivity index (χ2n) is 3.26. The summed E-state index contributed by atoms with van der Waals surface area (Å²) in [7, 11) is 0. The number of carbonyl (C=O) groups is 2. The molecule has 0 N–H and O–H groups in total. The predicted molar refractivity (Wildman–Crippen MR) is 56.8 cm³/mol. The van der Waals surface area contributed by atoms with Gasteiger partial charge in [-0.1, -0.05) is 18.2 Å². The van der Waals surface area contributed by atoms with E-state index in [0.717, 1.165) is 24.7 Å². The van der Waals surface area contributed by atoms with E-state index in [9.17, 15) is 9.59 Å². The van der Waals surface area contributed by atoms with Crippen LogP contribution in [0.2, 0.25) is 0 Å². The second-order valence-corrected chi connectivity index (χ2v) is 3.26. The molecule has 0 aromatic heterocycles. The summed E-state index contributed by atoms with van der Waals surface area (Å²) in [5.41, 5.74) is 0.967. The molecule has 3 heteroatoms. The lowest BCUT2D eigenvalue weighted by atomic mass is 10.1. The van der Waals surface area contributed by atoms with Gasteiger partial charge < -0.3 is 9.53 Å². The van der Waals surface area contributed by atoms with Crippen LogP contribution in [0.4, 0.5) is 0 Å². The number of hydrogen-bond donors (Lipinski definition) is 0. The molecule has 0 unspecified atom stereocenters. The number of aryl methyl sites for hydroxylation is 1. The van der Waals surface area contributed by atoms with Gasteiger partial charge in [0.25, 0.3) is 0 Å². The van der Waals surface area contributed by atoms with Gasteiger partial charge in [-0.2, -0.15) is 0 Å². The van der Waals surface area contributed by atoms with Crippen molar-refractivity contribution in [2.45, 2.75) is 26.2 Å². The van der Waals surface area contributed by atoms with Crippen LogP contribution in [0.25, 0.3) is 0 Å². The van der Waals surface area contributed by atoms with E-state index >= 15 is 0 Å². The van der Waals surface area contributed by atoms with Crippen molar-refractivity contribution in [3.63, 3.8) is 0 Å². The number of carbonyl (C=O) groups excluding carboxylic acids is 2. The highest BCUT2D eigenvalue weighted by molar-refractivity contribution is 5.69. The molecule has 1 rings (SSSR count). The maximum Gasteiger partial charge on any atom is 0.308 e. The van der Waals surface area contributed by atoms with Crippen molar-refractivity contribution in [3.8, 4) is 5.75 Å².